The summed E-state index contributed by atoms with van der Waals surface area (Å²) in [5, 5.41) is 3.69. The van der Waals surface area contributed by atoms with E-state index < -0.39 is 0 Å². The van der Waals surface area contributed by atoms with Crippen LogP contribution in [-0.2, 0) is 7.05 Å². The minimum atomic E-state index is 0.441. The summed E-state index contributed by atoms with van der Waals surface area (Å²) in [6.45, 7) is 8.95. The molecule has 144 valence electrons. The molecule has 0 saturated heterocycles. The highest BCUT2D eigenvalue weighted by molar-refractivity contribution is 6.10. The predicted octanol–water partition coefficient (Wildman–Crippen LogP) is 6.97. The largest absolute Gasteiger partial charge is 0.455 e. The Labute approximate surface area is 171 Å². The summed E-state index contributed by atoms with van der Waals surface area (Å²) >= 11 is 0. The molecule has 2 heteroatoms. The smallest absolute Gasteiger partial charge is 0.217 e. The molecule has 0 fully saturated rings. The Morgan fingerprint density at radius 3 is 2.28 bits per heavy atom. The van der Waals surface area contributed by atoms with Crippen molar-refractivity contribution in [2.45, 2.75) is 33.6 Å². The molecule has 0 aliphatic rings. The van der Waals surface area contributed by atoms with Gasteiger partial charge >= 0.3 is 0 Å². The van der Waals surface area contributed by atoms with Gasteiger partial charge in [0.15, 0.2) is 0 Å². The van der Waals surface area contributed by atoms with Crippen molar-refractivity contribution in [2.75, 3.05) is 0 Å². The number of furan rings is 1. The summed E-state index contributed by atoms with van der Waals surface area (Å²) in [5.41, 5.74) is 9.52. The second kappa shape index (κ2) is 6.45. The van der Waals surface area contributed by atoms with Crippen molar-refractivity contribution in [3.05, 3.63) is 77.4 Å². The van der Waals surface area contributed by atoms with Gasteiger partial charge in [-0.15, -0.1) is 0 Å². The van der Waals surface area contributed by atoms with E-state index in [0.29, 0.717) is 5.92 Å². The summed E-state index contributed by atoms with van der Waals surface area (Å²) in [4.78, 5) is 0. The third-order valence-electron chi connectivity index (χ3n) is 6.30. The van der Waals surface area contributed by atoms with Gasteiger partial charge in [-0.1, -0.05) is 44.2 Å². The first-order valence-electron chi connectivity index (χ1n) is 10.3. The van der Waals surface area contributed by atoms with E-state index in [1.807, 2.05) is 6.07 Å². The Morgan fingerprint density at radius 2 is 1.52 bits per heavy atom. The number of aromatic nitrogens is 1. The maximum atomic E-state index is 6.43. The van der Waals surface area contributed by atoms with Crippen molar-refractivity contribution in [1.29, 1.82) is 0 Å². The maximum absolute atomic E-state index is 6.43. The zero-order valence-corrected chi connectivity index (χ0v) is 17.7. The Balaban J connectivity index is 1.97. The Kier molecular flexibility index (Phi) is 3.99. The van der Waals surface area contributed by atoms with Gasteiger partial charge in [-0.25, -0.2) is 0 Å². The third-order valence-corrected chi connectivity index (χ3v) is 6.30. The van der Waals surface area contributed by atoms with Crippen LogP contribution in [0.25, 0.3) is 44.1 Å². The molecule has 0 aliphatic heterocycles. The Hall–Kier alpha value is -3.13. The van der Waals surface area contributed by atoms with E-state index in [1.165, 1.54) is 49.6 Å². The second-order valence-corrected chi connectivity index (χ2v) is 8.38. The summed E-state index contributed by atoms with van der Waals surface area (Å²) in [7, 11) is 2.16. The number of aryl methyl sites for hydroxylation is 2. The van der Waals surface area contributed by atoms with Crippen LogP contribution in [0.4, 0.5) is 0 Å². The second-order valence-electron chi connectivity index (χ2n) is 8.38. The van der Waals surface area contributed by atoms with Crippen LogP contribution in [0.1, 0.15) is 36.5 Å². The van der Waals surface area contributed by atoms with Gasteiger partial charge in [0, 0.05) is 28.3 Å². The van der Waals surface area contributed by atoms with E-state index >= 15 is 0 Å². The SMILES string of the molecule is Cc1cc2c(oc3ccccc32)c(-c2cc(C(C)C)c3ccccc3[n+]2C)c1C. The third kappa shape index (κ3) is 2.59. The fraction of sp³-hybridized carbons (Fsp3) is 0.222. The topological polar surface area (TPSA) is 17.0 Å². The van der Waals surface area contributed by atoms with Crippen molar-refractivity contribution in [3.63, 3.8) is 0 Å². The summed E-state index contributed by atoms with van der Waals surface area (Å²) in [6.07, 6.45) is 0. The van der Waals surface area contributed by atoms with Crippen LogP contribution in [-0.4, -0.2) is 0 Å². The van der Waals surface area contributed by atoms with Gasteiger partial charge in [-0.3, -0.25) is 0 Å². The van der Waals surface area contributed by atoms with Crippen LogP contribution < -0.4 is 4.57 Å². The Morgan fingerprint density at radius 1 is 0.828 bits per heavy atom. The number of hydrogen-bond acceptors (Lipinski definition) is 1. The van der Waals surface area contributed by atoms with Gasteiger partial charge in [0.25, 0.3) is 0 Å². The van der Waals surface area contributed by atoms with E-state index in [9.17, 15) is 0 Å². The van der Waals surface area contributed by atoms with Crippen molar-refractivity contribution in [2.24, 2.45) is 7.05 Å². The van der Waals surface area contributed by atoms with Crippen LogP contribution in [0.3, 0.4) is 0 Å². The highest BCUT2D eigenvalue weighted by Gasteiger charge is 2.25. The summed E-state index contributed by atoms with van der Waals surface area (Å²) < 4.78 is 8.74. The molecule has 5 aromatic rings. The molecule has 0 atom stereocenters. The molecule has 5 rings (SSSR count). The van der Waals surface area contributed by atoms with Gasteiger partial charge in [-0.05, 0) is 54.7 Å². The van der Waals surface area contributed by atoms with Gasteiger partial charge in [-0.2, -0.15) is 4.57 Å². The molecule has 0 amide bonds. The predicted molar refractivity (Wildman–Crippen MR) is 121 cm³/mol. The molecule has 0 aliphatic carbocycles. The quantitative estimate of drug-likeness (QED) is 0.302. The number of nitrogens with zero attached hydrogens (tertiary/aromatic N) is 1. The zero-order valence-electron chi connectivity index (χ0n) is 17.7. The van der Waals surface area contributed by atoms with Gasteiger partial charge in [0.1, 0.15) is 18.2 Å². The number of para-hydroxylation sites is 2. The van der Waals surface area contributed by atoms with Crippen LogP contribution in [0.15, 0.2) is 65.1 Å². The molecule has 3 aromatic carbocycles. The fourth-order valence-corrected chi connectivity index (χ4v) is 4.57. The fourth-order valence-electron chi connectivity index (χ4n) is 4.57. The number of pyridine rings is 1. The highest BCUT2D eigenvalue weighted by atomic mass is 16.3. The number of benzene rings is 3. The summed E-state index contributed by atoms with van der Waals surface area (Å²) in [6, 6.07) is 21.7. The van der Waals surface area contributed by atoms with Gasteiger partial charge in [0.05, 0.1) is 5.56 Å². The molecule has 2 aromatic heterocycles. The molecule has 0 N–H and O–H groups in total. The zero-order chi connectivity index (χ0) is 20.3. The van der Waals surface area contributed by atoms with Crippen LogP contribution >= 0.6 is 0 Å². The van der Waals surface area contributed by atoms with Crippen molar-refractivity contribution < 1.29 is 8.98 Å². The molecule has 2 heterocycles. The van der Waals surface area contributed by atoms with Crippen LogP contribution in [0.5, 0.6) is 0 Å². The lowest BCUT2D eigenvalue weighted by atomic mass is 9.92. The van der Waals surface area contributed by atoms with Crippen LogP contribution in [0, 0.1) is 13.8 Å². The molecule has 0 unspecified atom stereocenters. The van der Waals surface area contributed by atoms with Crippen molar-refractivity contribution in [1.82, 2.24) is 0 Å². The Bertz CT molecular complexity index is 1410. The molecular formula is C27H26NO+. The average Bonchev–Trinajstić information content (AvgIpc) is 3.08. The average molecular weight is 381 g/mol. The van der Waals surface area contributed by atoms with E-state index in [2.05, 4.69) is 93.9 Å². The lowest BCUT2D eigenvalue weighted by molar-refractivity contribution is -0.633. The number of hydrogen-bond donors (Lipinski definition) is 0. The molecule has 29 heavy (non-hydrogen) atoms. The molecule has 2 nitrogen and oxygen atoms in total. The van der Waals surface area contributed by atoms with E-state index in [-0.39, 0.29) is 0 Å². The van der Waals surface area contributed by atoms with Gasteiger partial charge in [0.2, 0.25) is 11.2 Å². The lowest BCUT2D eigenvalue weighted by Crippen LogP contribution is -2.33. The standard InChI is InChI=1S/C27H26NO/c1-16(2)21-15-24(28(5)23-12-8-6-10-19(21)23)26-18(4)17(3)14-22-20-11-7-9-13-25(20)29-27(22)26/h6-16H,1-5H3/q+1. The van der Waals surface area contributed by atoms with E-state index in [4.69, 9.17) is 4.42 Å². The lowest BCUT2D eigenvalue weighted by Gasteiger charge is -2.14. The normalized spacial score (nSPS) is 11.9. The van der Waals surface area contributed by atoms with Crippen molar-refractivity contribution in [3.8, 4) is 11.3 Å². The first-order valence-corrected chi connectivity index (χ1v) is 10.3. The molecular weight excluding hydrogens is 354 g/mol. The number of rotatable bonds is 2. The van der Waals surface area contributed by atoms with Gasteiger partial charge < -0.3 is 4.42 Å². The van der Waals surface area contributed by atoms with Crippen LogP contribution in [0.2, 0.25) is 0 Å². The minimum absolute atomic E-state index is 0.441. The first kappa shape index (κ1) is 17.9. The van der Waals surface area contributed by atoms with E-state index in [0.717, 1.165) is 11.2 Å². The minimum Gasteiger partial charge on any atom is -0.455 e. The summed E-state index contributed by atoms with van der Waals surface area (Å²) in [5.74, 6) is 0.441. The first-order chi connectivity index (χ1) is 14.0. The molecule has 0 radical (unpaired) electrons. The maximum Gasteiger partial charge on any atom is 0.217 e. The monoisotopic (exact) mass is 380 g/mol. The molecule has 0 saturated carbocycles. The molecule has 0 spiro atoms. The van der Waals surface area contributed by atoms with Crippen molar-refractivity contribution >= 4 is 32.8 Å². The highest BCUT2D eigenvalue weighted by Crippen LogP contribution is 2.39. The van der Waals surface area contributed by atoms with E-state index in [1.54, 1.807) is 0 Å². The molecule has 0 bridgehead atoms. The number of fused-ring (bicyclic) bond motifs is 4.